The van der Waals surface area contributed by atoms with Crippen molar-refractivity contribution in [2.24, 2.45) is 0 Å². The molecule has 4 nitrogen and oxygen atoms in total. The van der Waals surface area contributed by atoms with Crippen LogP contribution in [0, 0.1) is 6.92 Å². The Balaban J connectivity index is 2.15. The molecule has 1 saturated carbocycles. The summed E-state index contributed by atoms with van der Waals surface area (Å²) in [5.74, 6) is 0. The highest BCUT2D eigenvalue weighted by molar-refractivity contribution is 7.86. The smallest absolute Gasteiger partial charge is 0.297 e. The summed E-state index contributed by atoms with van der Waals surface area (Å²) in [7, 11) is -3.73. The molecule has 16 heavy (non-hydrogen) atoms. The van der Waals surface area contributed by atoms with Crippen molar-refractivity contribution in [2.45, 2.75) is 36.9 Å². The quantitative estimate of drug-likeness (QED) is 0.810. The predicted octanol–water partition coefficient (Wildman–Crippen LogP) is 1.22. The monoisotopic (exact) mass is 242 g/mol. The molecule has 0 aromatic heterocycles. The van der Waals surface area contributed by atoms with E-state index in [0.717, 1.165) is 5.56 Å². The van der Waals surface area contributed by atoms with Gasteiger partial charge in [-0.2, -0.15) is 8.42 Å². The van der Waals surface area contributed by atoms with Crippen LogP contribution in [-0.2, 0) is 14.3 Å². The molecular formula is C11H14O4S. The lowest BCUT2D eigenvalue weighted by Crippen LogP contribution is -2.40. The van der Waals surface area contributed by atoms with Gasteiger partial charge in [-0.1, -0.05) is 17.7 Å². The molecular weight excluding hydrogens is 228 g/mol. The van der Waals surface area contributed by atoms with Crippen molar-refractivity contribution in [3.8, 4) is 0 Å². The molecule has 88 valence electrons. The Kier molecular flexibility index (Phi) is 3.01. The largest absolute Gasteiger partial charge is 0.390 e. The third-order valence-corrected chi connectivity index (χ3v) is 4.09. The first-order valence-corrected chi connectivity index (χ1v) is 6.58. The second-order valence-corrected chi connectivity index (χ2v) is 5.62. The fourth-order valence-electron chi connectivity index (χ4n) is 1.49. The second-order valence-electron chi connectivity index (χ2n) is 4.05. The van der Waals surface area contributed by atoms with Gasteiger partial charge in [0.2, 0.25) is 0 Å². The average molecular weight is 242 g/mol. The zero-order valence-corrected chi connectivity index (χ0v) is 9.78. The number of benzene rings is 1. The molecule has 0 aliphatic heterocycles. The van der Waals surface area contributed by atoms with Crippen molar-refractivity contribution in [3.05, 3.63) is 29.8 Å². The number of aliphatic hydroxyl groups excluding tert-OH is 1. The zero-order chi connectivity index (χ0) is 11.8. The number of hydrogen-bond acceptors (Lipinski definition) is 4. The Labute approximate surface area is 95.0 Å². The van der Waals surface area contributed by atoms with Gasteiger partial charge < -0.3 is 5.11 Å². The molecule has 1 fully saturated rings. The summed E-state index contributed by atoms with van der Waals surface area (Å²) in [5, 5.41) is 9.27. The van der Waals surface area contributed by atoms with E-state index in [1.165, 1.54) is 12.1 Å². The van der Waals surface area contributed by atoms with Crippen molar-refractivity contribution in [1.82, 2.24) is 0 Å². The first kappa shape index (κ1) is 11.6. The van der Waals surface area contributed by atoms with Crippen molar-refractivity contribution in [3.63, 3.8) is 0 Å². The molecule has 0 radical (unpaired) electrons. The van der Waals surface area contributed by atoms with Crippen LogP contribution >= 0.6 is 0 Å². The lowest BCUT2D eigenvalue weighted by molar-refractivity contribution is -0.0328. The van der Waals surface area contributed by atoms with E-state index in [1.807, 2.05) is 6.92 Å². The lowest BCUT2D eigenvalue weighted by atomic mass is 9.93. The summed E-state index contributed by atoms with van der Waals surface area (Å²) in [4.78, 5) is 0.136. The number of aryl methyl sites for hydroxylation is 1. The number of rotatable bonds is 3. The molecule has 0 amide bonds. The Bertz CT molecular complexity index is 463. The first-order valence-electron chi connectivity index (χ1n) is 5.17. The van der Waals surface area contributed by atoms with Crippen LogP contribution in [0.25, 0.3) is 0 Å². The van der Waals surface area contributed by atoms with Crippen molar-refractivity contribution >= 4 is 10.1 Å². The van der Waals surface area contributed by atoms with Gasteiger partial charge in [0.1, 0.15) is 6.10 Å². The molecule has 0 saturated heterocycles. The summed E-state index contributed by atoms with van der Waals surface area (Å²) >= 11 is 0. The highest BCUT2D eigenvalue weighted by Crippen LogP contribution is 2.27. The first-order chi connectivity index (χ1) is 7.49. The van der Waals surface area contributed by atoms with E-state index in [2.05, 4.69) is 0 Å². The van der Waals surface area contributed by atoms with Crippen LogP contribution in [0.2, 0.25) is 0 Å². The van der Waals surface area contributed by atoms with Crippen LogP contribution in [0.4, 0.5) is 0 Å². The van der Waals surface area contributed by atoms with Gasteiger partial charge in [0.05, 0.1) is 11.0 Å². The van der Waals surface area contributed by atoms with Crippen LogP contribution in [0.15, 0.2) is 29.2 Å². The third-order valence-electron chi connectivity index (χ3n) is 2.74. The van der Waals surface area contributed by atoms with Gasteiger partial charge in [0.25, 0.3) is 10.1 Å². The fraction of sp³-hybridized carbons (Fsp3) is 0.455. The highest BCUT2D eigenvalue weighted by Gasteiger charge is 2.34. The summed E-state index contributed by atoms with van der Waals surface area (Å²) in [6.45, 7) is 1.88. The maximum absolute atomic E-state index is 11.8. The topological polar surface area (TPSA) is 63.6 Å². The summed E-state index contributed by atoms with van der Waals surface area (Å²) < 4.78 is 28.5. The maximum atomic E-state index is 11.8. The molecule has 1 aliphatic carbocycles. The van der Waals surface area contributed by atoms with Crippen LogP contribution in [-0.4, -0.2) is 25.7 Å². The maximum Gasteiger partial charge on any atom is 0.297 e. The molecule has 1 aromatic rings. The fourth-order valence-corrected chi connectivity index (χ4v) is 2.62. The van der Waals surface area contributed by atoms with E-state index in [1.54, 1.807) is 12.1 Å². The SMILES string of the molecule is Cc1ccc(S(=O)(=O)OC2CCC2O)cc1. The van der Waals surface area contributed by atoms with E-state index < -0.39 is 22.3 Å². The number of hydrogen-bond donors (Lipinski definition) is 1. The minimum atomic E-state index is -3.73. The minimum absolute atomic E-state index is 0.136. The molecule has 2 atom stereocenters. The highest BCUT2D eigenvalue weighted by atomic mass is 32.2. The molecule has 2 rings (SSSR count). The Morgan fingerprint density at radius 3 is 2.31 bits per heavy atom. The third kappa shape index (κ3) is 2.26. The van der Waals surface area contributed by atoms with Crippen molar-refractivity contribution < 1.29 is 17.7 Å². The zero-order valence-electron chi connectivity index (χ0n) is 8.96. The van der Waals surface area contributed by atoms with Crippen LogP contribution < -0.4 is 0 Å². The van der Waals surface area contributed by atoms with Crippen molar-refractivity contribution in [1.29, 1.82) is 0 Å². The van der Waals surface area contributed by atoms with Crippen molar-refractivity contribution in [2.75, 3.05) is 0 Å². The molecule has 1 N–H and O–H groups in total. The van der Waals surface area contributed by atoms with E-state index >= 15 is 0 Å². The van der Waals surface area contributed by atoms with Crippen LogP contribution in [0.5, 0.6) is 0 Å². The second kappa shape index (κ2) is 4.16. The van der Waals surface area contributed by atoms with Crippen LogP contribution in [0.1, 0.15) is 18.4 Å². The minimum Gasteiger partial charge on any atom is -0.390 e. The molecule has 2 unspecified atom stereocenters. The van der Waals surface area contributed by atoms with E-state index in [9.17, 15) is 13.5 Å². The molecule has 1 aliphatic rings. The Morgan fingerprint density at radius 1 is 1.25 bits per heavy atom. The van der Waals surface area contributed by atoms with Gasteiger partial charge in [-0.15, -0.1) is 0 Å². The molecule has 1 aromatic carbocycles. The van der Waals surface area contributed by atoms with Gasteiger partial charge >= 0.3 is 0 Å². The normalized spacial score (nSPS) is 25.1. The summed E-state index contributed by atoms with van der Waals surface area (Å²) in [5.41, 5.74) is 0.989. The summed E-state index contributed by atoms with van der Waals surface area (Å²) in [6, 6.07) is 6.45. The molecule has 0 bridgehead atoms. The van der Waals surface area contributed by atoms with Gasteiger partial charge in [0, 0.05) is 0 Å². The van der Waals surface area contributed by atoms with E-state index in [4.69, 9.17) is 4.18 Å². The van der Waals surface area contributed by atoms with Gasteiger partial charge in [-0.3, -0.25) is 4.18 Å². The Morgan fingerprint density at radius 2 is 1.88 bits per heavy atom. The van der Waals surface area contributed by atoms with E-state index in [0.29, 0.717) is 12.8 Å². The molecule has 0 heterocycles. The standard InChI is InChI=1S/C11H14O4S/c1-8-2-4-9(5-3-8)16(13,14)15-11-7-6-10(11)12/h2-5,10-12H,6-7H2,1H3. The van der Waals surface area contributed by atoms with Gasteiger partial charge in [0.15, 0.2) is 0 Å². The lowest BCUT2D eigenvalue weighted by Gasteiger charge is -2.31. The van der Waals surface area contributed by atoms with E-state index in [-0.39, 0.29) is 4.90 Å². The van der Waals surface area contributed by atoms with Crippen LogP contribution in [0.3, 0.4) is 0 Å². The molecule has 0 spiro atoms. The average Bonchev–Trinajstić information content (AvgIpc) is 2.25. The summed E-state index contributed by atoms with van der Waals surface area (Å²) in [6.07, 6.45) is -0.0353. The predicted molar refractivity (Wildman–Crippen MR) is 58.5 cm³/mol. The molecule has 5 heteroatoms. The number of aliphatic hydroxyl groups is 1. The Hall–Kier alpha value is -0.910. The van der Waals surface area contributed by atoms with Gasteiger partial charge in [-0.25, -0.2) is 0 Å². The van der Waals surface area contributed by atoms with Gasteiger partial charge in [-0.05, 0) is 31.9 Å².